The van der Waals surface area contributed by atoms with Crippen LogP contribution in [0.15, 0.2) is 18.2 Å². The van der Waals surface area contributed by atoms with E-state index in [2.05, 4.69) is 5.32 Å². The number of halogens is 1. The number of nitrogens with two attached hydrogens (primary N) is 1. The largest absolute Gasteiger partial charge is 0.396 e. The molecule has 3 nitrogen and oxygen atoms in total. The summed E-state index contributed by atoms with van der Waals surface area (Å²) in [6.07, 6.45) is 8.38. The monoisotopic (exact) mass is 290 g/mol. The summed E-state index contributed by atoms with van der Waals surface area (Å²) in [5.74, 6) is 1.17. The number of benzene rings is 1. The second-order valence-electron chi connectivity index (χ2n) is 6.54. The summed E-state index contributed by atoms with van der Waals surface area (Å²) in [5, 5.41) is 2.84. The zero-order valence-electron chi connectivity index (χ0n) is 12.3. The fraction of sp³-hybridized carbons (Fsp3) is 0.588. The molecule has 0 radical (unpaired) electrons. The first-order chi connectivity index (χ1) is 10.1. The Balaban J connectivity index is 1.61. The molecule has 4 heteroatoms. The highest BCUT2D eigenvalue weighted by molar-refractivity contribution is 5.92. The van der Waals surface area contributed by atoms with Gasteiger partial charge in [-0.15, -0.1) is 0 Å². The van der Waals surface area contributed by atoms with Gasteiger partial charge in [-0.25, -0.2) is 4.39 Å². The van der Waals surface area contributed by atoms with Gasteiger partial charge in [-0.3, -0.25) is 4.79 Å². The maximum Gasteiger partial charge on any atom is 0.227 e. The molecule has 1 aromatic carbocycles. The smallest absolute Gasteiger partial charge is 0.227 e. The van der Waals surface area contributed by atoms with Crippen molar-refractivity contribution < 1.29 is 9.18 Å². The van der Waals surface area contributed by atoms with E-state index in [0.717, 1.165) is 18.8 Å². The molecule has 3 atom stereocenters. The van der Waals surface area contributed by atoms with Crippen molar-refractivity contribution in [1.82, 2.24) is 0 Å². The molecule has 1 amide bonds. The molecule has 3 rings (SSSR count). The molecular formula is C17H23FN2O. The van der Waals surface area contributed by atoms with Crippen molar-refractivity contribution in [3.8, 4) is 0 Å². The maximum absolute atomic E-state index is 13.4. The summed E-state index contributed by atoms with van der Waals surface area (Å²) in [7, 11) is 0. The van der Waals surface area contributed by atoms with Gasteiger partial charge < -0.3 is 11.1 Å². The molecule has 0 heterocycles. The lowest BCUT2D eigenvalue weighted by molar-refractivity contribution is -0.122. The van der Waals surface area contributed by atoms with Crippen molar-refractivity contribution in [1.29, 1.82) is 0 Å². The summed E-state index contributed by atoms with van der Waals surface area (Å²) >= 11 is 0. The summed E-state index contributed by atoms with van der Waals surface area (Å²) in [6.45, 7) is 0. The lowest BCUT2D eigenvalue weighted by Crippen LogP contribution is -2.33. The Morgan fingerprint density at radius 1 is 1.14 bits per heavy atom. The van der Waals surface area contributed by atoms with Crippen LogP contribution < -0.4 is 11.1 Å². The van der Waals surface area contributed by atoms with Gasteiger partial charge >= 0.3 is 0 Å². The highest BCUT2D eigenvalue weighted by Gasteiger charge is 2.34. The van der Waals surface area contributed by atoms with E-state index in [4.69, 9.17) is 5.73 Å². The number of carbonyl (C=O) groups is 1. The second kappa shape index (κ2) is 6.04. The Kier molecular flexibility index (Phi) is 4.13. The molecule has 2 aliphatic rings. The highest BCUT2D eigenvalue weighted by Crippen LogP contribution is 2.42. The molecule has 2 saturated carbocycles. The van der Waals surface area contributed by atoms with Gasteiger partial charge in [0, 0.05) is 11.6 Å². The first-order valence-corrected chi connectivity index (χ1v) is 7.99. The minimum atomic E-state index is -0.483. The number of anilines is 2. The fourth-order valence-corrected chi connectivity index (χ4v) is 3.96. The van der Waals surface area contributed by atoms with Gasteiger partial charge in [0.25, 0.3) is 0 Å². The van der Waals surface area contributed by atoms with E-state index >= 15 is 0 Å². The number of hydrogen-bond donors (Lipinski definition) is 2. The lowest BCUT2D eigenvalue weighted by Gasteiger charge is -2.38. The molecule has 0 saturated heterocycles. The average Bonchev–Trinajstić information content (AvgIpc) is 2.50. The van der Waals surface area contributed by atoms with Crippen molar-refractivity contribution in [2.24, 2.45) is 17.8 Å². The van der Waals surface area contributed by atoms with Crippen molar-refractivity contribution in [2.75, 3.05) is 11.1 Å². The van der Waals surface area contributed by atoms with Gasteiger partial charge in [0.05, 0.1) is 5.69 Å². The Bertz CT molecular complexity index is 532. The van der Waals surface area contributed by atoms with E-state index in [1.807, 2.05) is 0 Å². The second-order valence-corrected chi connectivity index (χ2v) is 6.54. The molecule has 3 unspecified atom stereocenters. The van der Waals surface area contributed by atoms with E-state index < -0.39 is 5.82 Å². The fourth-order valence-electron chi connectivity index (χ4n) is 3.96. The Morgan fingerprint density at radius 2 is 1.90 bits per heavy atom. The van der Waals surface area contributed by atoms with Crippen molar-refractivity contribution in [3.05, 3.63) is 24.0 Å². The number of hydrogen-bond acceptors (Lipinski definition) is 2. The van der Waals surface area contributed by atoms with Crippen LogP contribution in [0.1, 0.15) is 44.9 Å². The lowest BCUT2D eigenvalue weighted by atomic mass is 9.67. The van der Waals surface area contributed by atoms with Crippen LogP contribution >= 0.6 is 0 Å². The van der Waals surface area contributed by atoms with Crippen LogP contribution in [0.4, 0.5) is 15.8 Å². The van der Waals surface area contributed by atoms with Crippen LogP contribution in [0.3, 0.4) is 0 Å². The van der Waals surface area contributed by atoms with Gasteiger partial charge in [-0.1, -0.05) is 25.7 Å². The Labute approximate surface area is 125 Å². The van der Waals surface area contributed by atoms with Crippen molar-refractivity contribution >= 4 is 17.3 Å². The van der Waals surface area contributed by atoms with Gasteiger partial charge in [0.15, 0.2) is 0 Å². The number of fused-ring (bicyclic) bond motifs is 1. The van der Waals surface area contributed by atoms with Crippen LogP contribution in [-0.2, 0) is 4.79 Å². The number of nitrogens with one attached hydrogen (secondary N) is 1. The third-order valence-electron chi connectivity index (χ3n) is 5.18. The third kappa shape index (κ3) is 3.20. The van der Waals surface area contributed by atoms with E-state index in [9.17, 15) is 9.18 Å². The molecule has 1 aromatic rings. The third-order valence-corrected chi connectivity index (χ3v) is 5.18. The van der Waals surface area contributed by atoms with E-state index in [1.54, 1.807) is 6.07 Å². The maximum atomic E-state index is 13.4. The van der Waals surface area contributed by atoms with Crippen LogP contribution in [0.25, 0.3) is 0 Å². The molecular weight excluding hydrogens is 267 g/mol. The minimum Gasteiger partial charge on any atom is -0.396 e. The average molecular weight is 290 g/mol. The first-order valence-electron chi connectivity index (χ1n) is 7.99. The van der Waals surface area contributed by atoms with Gasteiger partial charge in [-0.05, 0) is 49.3 Å². The summed E-state index contributed by atoms with van der Waals surface area (Å²) in [4.78, 5) is 12.4. The van der Waals surface area contributed by atoms with E-state index in [1.165, 1.54) is 44.2 Å². The summed E-state index contributed by atoms with van der Waals surface area (Å²) in [6, 6.07) is 4.44. The number of rotatable bonds is 2. The highest BCUT2D eigenvalue weighted by atomic mass is 19.1. The molecule has 0 aliphatic heterocycles. The predicted octanol–water partition coefficient (Wildman–Crippen LogP) is 3.95. The molecule has 114 valence electrons. The molecule has 2 aliphatic carbocycles. The molecule has 21 heavy (non-hydrogen) atoms. The molecule has 0 spiro atoms. The minimum absolute atomic E-state index is 0.0307. The van der Waals surface area contributed by atoms with Crippen LogP contribution in [0.2, 0.25) is 0 Å². The summed E-state index contributed by atoms with van der Waals surface area (Å²) < 4.78 is 13.4. The predicted molar refractivity (Wildman–Crippen MR) is 82.2 cm³/mol. The Morgan fingerprint density at radius 3 is 2.67 bits per heavy atom. The molecule has 0 aromatic heterocycles. The standard InChI is InChI=1S/C17H23FN2O/c18-15-10-14(7-8-16(15)19)20-17(21)13-6-5-11-3-1-2-4-12(11)9-13/h7-8,10-13H,1-6,9,19H2,(H,20,21). The normalized spacial score (nSPS) is 28.7. The molecule has 3 N–H and O–H groups in total. The van der Waals surface area contributed by atoms with E-state index in [-0.39, 0.29) is 17.5 Å². The van der Waals surface area contributed by atoms with Crippen molar-refractivity contribution in [2.45, 2.75) is 44.9 Å². The van der Waals surface area contributed by atoms with Gasteiger partial charge in [-0.2, -0.15) is 0 Å². The summed E-state index contributed by atoms with van der Waals surface area (Å²) in [5.41, 5.74) is 6.05. The number of carbonyl (C=O) groups excluding carboxylic acids is 1. The van der Waals surface area contributed by atoms with Gasteiger partial charge in [0.1, 0.15) is 5.82 Å². The topological polar surface area (TPSA) is 55.1 Å². The van der Waals surface area contributed by atoms with E-state index in [0.29, 0.717) is 11.6 Å². The van der Waals surface area contributed by atoms with Crippen LogP contribution in [-0.4, -0.2) is 5.91 Å². The quantitative estimate of drug-likeness (QED) is 0.810. The molecule has 2 fully saturated rings. The molecule has 0 bridgehead atoms. The van der Waals surface area contributed by atoms with Crippen LogP contribution in [0, 0.1) is 23.6 Å². The number of nitrogen functional groups attached to an aromatic ring is 1. The van der Waals surface area contributed by atoms with Gasteiger partial charge in [0.2, 0.25) is 5.91 Å². The van der Waals surface area contributed by atoms with Crippen molar-refractivity contribution in [3.63, 3.8) is 0 Å². The van der Waals surface area contributed by atoms with Crippen LogP contribution in [0.5, 0.6) is 0 Å². The zero-order chi connectivity index (χ0) is 14.8. The zero-order valence-corrected chi connectivity index (χ0v) is 12.3. The SMILES string of the molecule is Nc1ccc(NC(=O)C2CCC3CCCCC3C2)cc1F. The first kappa shape index (κ1) is 14.4. The number of amides is 1. The Hall–Kier alpha value is -1.58.